The van der Waals surface area contributed by atoms with E-state index in [0.29, 0.717) is 29.2 Å². The molecule has 1 saturated heterocycles. The summed E-state index contributed by atoms with van der Waals surface area (Å²) in [6.45, 7) is 1.35. The van der Waals surface area contributed by atoms with Gasteiger partial charge in [-0.25, -0.2) is 9.69 Å². The molecule has 8 nitrogen and oxygen atoms in total. The molecule has 0 atom stereocenters. The third-order valence-corrected chi connectivity index (χ3v) is 3.93. The fourth-order valence-corrected chi connectivity index (χ4v) is 2.57. The Hall–Kier alpha value is -2.90. The number of urea groups is 1. The molecule has 5 amide bonds. The molecule has 1 N–H and O–H groups in total. The second-order valence-corrected chi connectivity index (χ2v) is 5.83. The third kappa shape index (κ3) is 2.82. The van der Waals surface area contributed by atoms with Gasteiger partial charge in [0, 0.05) is 6.04 Å². The van der Waals surface area contributed by atoms with Gasteiger partial charge in [-0.2, -0.15) is 0 Å². The number of nitrogens with zero attached hydrogens (tertiary/aromatic N) is 2. The number of methoxy groups -OCH3 is 1. The molecule has 0 spiro atoms. The lowest BCUT2D eigenvalue weighted by Crippen LogP contribution is -2.39. The Morgan fingerprint density at radius 1 is 1.25 bits per heavy atom. The average molecular weight is 331 g/mol. The summed E-state index contributed by atoms with van der Waals surface area (Å²) >= 11 is 0. The van der Waals surface area contributed by atoms with Crippen molar-refractivity contribution >= 4 is 29.4 Å². The van der Waals surface area contributed by atoms with Crippen LogP contribution < -0.4 is 10.1 Å². The number of amides is 5. The van der Waals surface area contributed by atoms with Gasteiger partial charge in [-0.3, -0.25) is 19.3 Å². The molecule has 1 aromatic rings. The van der Waals surface area contributed by atoms with E-state index in [1.54, 1.807) is 12.1 Å². The van der Waals surface area contributed by atoms with Crippen LogP contribution in [0.5, 0.6) is 5.75 Å². The number of anilines is 1. The molecular weight excluding hydrogens is 314 g/mol. The predicted octanol–water partition coefficient (Wildman–Crippen LogP) is 0.895. The Balaban J connectivity index is 1.71. The second kappa shape index (κ2) is 5.95. The SMILES string of the molecule is COc1ccc(C)cc1NC(=O)CN1C(=O)C(=O)N(C2CC2)C1=O. The van der Waals surface area contributed by atoms with Crippen LogP contribution in [0.4, 0.5) is 10.5 Å². The fraction of sp³-hybridized carbons (Fsp3) is 0.375. The molecule has 1 saturated carbocycles. The number of carbonyl (C=O) groups excluding carboxylic acids is 4. The Morgan fingerprint density at radius 2 is 1.96 bits per heavy atom. The number of rotatable bonds is 5. The number of benzene rings is 1. The lowest BCUT2D eigenvalue weighted by atomic mass is 10.2. The third-order valence-electron chi connectivity index (χ3n) is 3.93. The number of hydrogen-bond acceptors (Lipinski definition) is 5. The van der Waals surface area contributed by atoms with Gasteiger partial charge in [-0.05, 0) is 37.5 Å². The van der Waals surface area contributed by atoms with Crippen LogP contribution >= 0.6 is 0 Å². The first-order valence-electron chi connectivity index (χ1n) is 7.56. The molecule has 8 heteroatoms. The standard InChI is InChI=1S/C16H17N3O5/c1-9-3-6-12(24-2)11(7-9)17-13(20)8-18-14(21)15(22)19(16(18)23)10-4-5-10/h3,6-7,10H,4-5,8H2,1-2H3,(H,17,20). The lowest BCUT2D eigenvalue weighted by molar-refractivity contribution is -0.143. The molecule has 3 rings (SSSR count). The van der Waals surface area contributed by atoms with Crippen molar-refractivity contribution in [2.24, 2.45) is 0 Å². The van der Waals surface area contributed by atoms with Gasteiger partial charge < -0.3 is 10.1 Å². The summed E-state index contributed by atoms with van der Waals surface area (Å²) in [6, 6.07) is 4.31. The summed E-state index contributed by atoms with van der Waals surface area (Å²) in [5.41, 5.74) is 1.35. The molecule has 24 heavy (non-hydrogen) atoms. The van der Waals surface area contributed by atoms with Crippen molar-refractivity contribution in [1.82, 2.24) is 9.80 Å². The highest BCUT2D eigenvalue weighted by Gasteiger charge is 2.51. The van der Waals surface area contributed by atoms with Crippen molar-refractivity contribution in [3.8, 4) is 5.75 Å². The largest absolute Gasteiger partial charge is 0.495 e. The van der Waals surface area contributed by atoms with E-state index in [1.165, 1.54) is 7.11 Å². The average Bonchev–Trinajstić information content (AvgIpc) is 3.33. The number of aryl methyl sites for hydroxylation is 1. The van der Waals surface area contributed by atoms with Gasteiger partial charge >= 0.3 is 17.8 Å². The number of ether oxygens (including phenoxy) is 1. The summed E-state index contributed by atoms with van der Waals surface area (Å²) in [5, 5.41) is 2.60. The van der Waals surface area contributed by atoms with E-state index < -0.39 is 30.3 Å². The van der Waals surface area contributed by atoms with E-state index in [1.807, 2.05) is 13.0 Å². The van der Waals surface area contributed by atoms with Crippen LogP contribution in [0, 0.1) is 6.92 Å². The fourth-order valence-electron chi connectivity index (χ4n) is 2.57. The van der Waals surface area contributed by atoms with E-state index in [9.17, 15) is 19.2 Å². The molecule has 0 aromatic heterocycles. The molecule has 2 fully saturated rings. The highest BCUT2D eigenvalue weighted by Crippen LogP contribution is 2.31. The molecular formula is C16H17N3O5. The van der Waals surface area contributed by atoms with Crippen LogP contribution in [-0.2, 0) is 14.4 Å². The van der Waals surface area contributed by atoms with Crippen LogP contribution in [0.3, 0.4) is 0 Å². The zero-order valence-corrected chi connectivity index (χ0v) is 13.4. The van der Waals surface area contributed by atoms with Crippen molar-refractivity contribution < 1.29 is 23.9 Å². The quantitative estimate of drug-likeness (QED) is 0.639. The highest BCUT2D eigenvalue weighted by atomic mass is 16.5. The van der Waals surface area contributed by atoms with E-state index >= 15 is 0 Å². The molecule has 0 unspecified atom stereocenters. The molecule has 126 valence electrons. The van der Waals surface area contributed by atoms with Gasteiger partial charge in [-0.15, -0.1) is 0 Å². The van der Waals surface area contributed by atoms with Crippen molar-refractivity contribution in [2.75, 3.05) is 19.0 Å². The molecule has 1 aromatic carbocycles. The normalized spacial score (nSPS) is 17.5. The van der Waals surface area contributed by atoms with Gasteiger partial charge in [0.05, 0.1) is 12.8 Å². The summed E-state index contributed by atoms with van der Waals surface area (Å²) in [4.78, 5) is 49.8. The maximum atomic E-state index is 12.2. The van der Waals surface area contributed by atoms with Crippen LogP contribution in [0.25, 0.3) is 0 Å². The van der Waals surface area contributed by atoms with Gasteiger partial charge in [-0.1, -0.05) is 6.07 Å². The Bertz CT molecular complexity index is 741. The van der Waals surface area contributed by atoms with E-state index in [0.717, 1.165) is 10.5 Å². The van der Waals surface area contributed by atoms with Crippen LogP contribution in [0.15, 0.2) is 18.2 Å². The van der Waals surface area contributed by atoms with Gasteiger partial charge in [0.1, 0.15) is 12.3 Å². The lowest BCUT2D eigenvalue weighted by Gasteiger charge is -2.15. The number of nitrogens with one attached hydrogen (secondary N) is 1. The number of carbonyl (C=O) groups is 4. The number of imide groups is 2. The van der Waals surface area contributed by atoms with Gasteiger partial charge in [0.2, 0.25) is 5.91 Å². The van der Waals surface area contributed by atoms with Crippen LogP contribution in [0.1, 0.15) is 18.4 Å². The van der Waals surface area contributed by atoms with Crippen LogP contribution in [0.2, 0.25) is 0 Å². The molecule has 1 heterocycles. The minimum Gasteiger partial charge on any atom is -0.495 e. The van der Waals surface area contributed by atoms with Crippen molar-refractivity contribution in [1.29, 1.82) is 0 Å². The predicted molar refractivity (Wildman–Crippen MR) is 83.3 cm³/mol. The minimum atomic E-state index is -0.960. The number of hydrogen-bond donors (Lipinski definition) is 1. The Kier molecular flexibility index (Phi) is 3.96. The van der Waals surface area contributed by atoms with E-state index in [2.05, 4.69) is 5.32 Å². The Labute approximate surface area is 138 Å². The molecule has 1 aliphatic carbocycles. The zero-order valence-electron chi connectivity index (χ0n) is 13.4. The first kappa shape index (κ1) is 16.0. The molecule has 1 aliphatic heterocycles. The maximum absolute atomic E-state index is 12.2. The summed E-state index contributed by atoms with van der Waals surface area (Å²) in [6.07, 6.45) is 1.40. The minimum absolute atomic E-state index is 0.209. The highest BCUT2D eigenvalue weighted by molar-refractivity contribution is 6.45. The van der Waals surface area contributed by atoms with Crippen LogP contribution in [-0.4, -0.2) is 53.2 Å². The van der Waals surface area contributed by atoms with Gasteiger partial charge in [0.25, 0.3) is 0 Å². The van der Waals surface area contributed by atoms with Crippen molar-refractivity contribution in [3.05, 3.63) is 23.8 Å². The van der Waals surface area contributed by atoms with Crippen molar-refractivity contribution in [3.63, 3.8) is 0 Å². The smallest absolute Gasteiger partial charge is 0.334 e. The molecule has 0 bridgehead atoms. The van der Waals surface area contributed by atoms with E-state index in [4.69, 9.17) is 4.74 Å². The zero-order chi connectivity index (χ0) is 17.4. The van der Waals surface area contributed by atoms with Gasteiger partial charge in [0.15, 0.2) is 0 Å². The maximum Gasteiger partial charge on any atom is 0.334 e. The monoisotopic (exact) mass is 331 g/mol. The molecule has 0 radical (unpaired) electrons. The second-order valence-electron chi connectivity index (χ2n) is 5.83. The molecule has 2 aliphatic rings. The first-order chi connectivity index (χ1) is 11.4. The first-order valence-corrected chi connectivity index (χ1v) is 7.56. The topological polar surface area (TPSA) is 96.0 Å². The summed E-state index contributed by atoms with van der Waals surface area (Å²) in [5.74, 6) is -1.93. The Morgan fingerprint density at radius 3 is 2.58 bits per heavy atom. The summed E-state index contributed by atoms with van der Waals surface area (Å²) in [7, 11) is 1.47. The van der Waals surface area contributed by atoms with E-state index in [-0.39, 0.29) is 6.04 Å². The van der Waals surface area contributed by atoms with Crippen molar-refractivity contribution in [2.45, 2.75) is 25.8 Å². The summed E-state index contributed by atoms with van der Waals surface area (Å²) < 4.78 is 5.16.